The Bertz CT molecular complexity index is 834. The van der Waals surface area contributed by atoms with Crippen LogP contribution >= 0.6 is 11.3 Å². The van der Waals surface area contributed by atoms with Crippen LogP contribution in [0.2, 0.25) is 0 Å². The summed E-state index contributed by atoms with van der Waals surface area (Å²) in [5, 5.41) is 1.77. The second-order valence-corrected chi connectivity index (χ2v) is 5.44. The van der Waals surface area contributed by atoms with Gasteiger partial charge in [-0.25, -0.2) is 4.98 Å². The van der Waals surface area contributed by atoms with E-state index in [0.717, 1.165) is 12.1 Å². The van der Waals surface area contributed by atoms with Gasteiger partial charge in [0.15, 0.2) is 0 Å². The molecule has 1 N–H and O–H groups in total. The number of nitrogens with zero attached hydrogens (tertiary/aromatic N) is 1. The molecule has 0 amide bonds. The van der Waals surface area contributed by atoms with Crippen molar-refractivity contribution in [2.45, 2.75) is 12.6 Å². The number of halogens is 3. The molecule has 0 fully saturated rings. The van der Waals surface area contributed by atoms with Gasteiger partial charge in [-0.2, -0.15) is 13.2 Å². The van der Waals surface area contributed by atoms with Gasteiger partial charge in [-0.1, -0.05) is 12.1 Å². The van der Waals surface area contributed by atoms with Crippen LogP contribution in [-0.2, 0) is 12.6 Å². The first-order chi connectivity index (χ1) is 9.93. The van der Waals surface area contributed by atoms with Crippen LogP contribution in [-0.4, -0.2) is 9.97 Å². The predicted molar refractivity (Wildman–Crippen MR) is 74.5 cm³/mol. The summed E-state index contributed by atoms with van der Waals surface area (Å²) in [5.41, 5.74) is 0.337. The molecule has 3 rings (SSSR count). The monoisotopic (exact) mass is 310 g/mol. The molecule has 1 aromatic carbocycles. The topological polar surface area (TPSA) is 45.8 Å². The van der Waals surface area contributed by atoms with Crippen LogP contribution in [0.1, 0.15) is 17.0 Å². The first-order valence-corrected chi connectivity index (χ1v) is 6.94. The van der Waals surface area contributed by atoms with Crippen molar-refractivity contribution in [3.8, 4) is 0 Å². The van der Waals surface area contributed by atoms with Crippen LogP contribution in [0, 0.1) is 0 Å². The van der Waals surface area contributed by atoms with Gasteiger partial charge in [0.2, 0.25) is 0 Å². The number of hydrogen-bond donors (Lipinski definition) is 1. The Kier molecular flexibility index (Phi) is 3.29. The van der Waals surface area contributed by atoms with Crippen LogP contribution in [0.15, 0.2) is 40.5 Å². The van der Waals surface area contributed by atoms with Crippen molar-refractivity contribution in [3.63, 3.8) is 0 Å². The zero-order valence-corrected chi connectivity index (χ0v) is 11.4. The largest absolute Gasteiger partial charge is 0.416 e. The van der Waals surface area contributed by atoms with E-state index in [4.69, 9.17) is 0 Å². The summed E-state index contributed by atoms with van der Waals surface area (Å²) in [7, 11) is 0. The lowest BCUT2D eigenvalue weighted by Gasteiger charge is -2.07. The van der Waals surface area contributed by atoms with Crippen LogP contribution < -0.4 is 5.56 Å². The van der Waals surface area contributed by atoms with Crippen molar-refractivity contribution in [2.24, 2.45) is 0 Å². The lowest BCUT2D eigenvalue weighted by atomic mass is 10.1. The maximum absolute atomic E-state index is 12.5. The molecule has 0 radical (unpaired) electrons. The van der Waals surface area contributed by atoms with E-state index in [9.17, 15) is 18.0 Å². The zero-order chi connectivity index (χ0) is 15.0. The van der Waals surface area contributed by atoms with Crippen LogP contribution in [0.4, 0.5) is 13.2 Å². The van der Waals surface area contributed by atoms with Gasteiger partial charge in [0.05, 0.1) is 11.1 Å². The first kappa shape index (κ1) is 13.8. The molecule has 0 spiro atoms. The number of hydrogen-bond acceptors (Lipinski definition) is 3. The highest BCUT2D eigenvalue weighted by Crippen LogP contribution is 2.29. The fourth-order valence-electron chi connectivity index (χ4n) is 2.01. The Morgan fingerprint density at radius 1 is 1.14 bits per heavy atom. The number of H-pyrrole nitrogens is 1. The Hall–Kier alpha value is -2.15. The van der Waals surface area contributed by atoms with Gasteiger partial charge in [-0.05, 0) is 29.1 Å². The van der Waals surface area contributed by atoms with Crippen LogP contribution in [0.5, 0.6) is 0 Å². The molecule has 0 aliphatic heterocycles. The Labute approximate surface area is 121 Å². The molecule has 0 atom stereocenters. The number of aromatic amines is 1. The summed E-state index contributed by atoms with van der Waals surface area (Å²) in [6, 6.07) is 6.57. The normalized spacial score (nSPS) is 12.0. The summed E-state index contributed by atoms with van der Waals surface area (Å²) in [6.07, 6.45) is -4.07. The number of fused-ring (bicyclic) bond motifs is 1. The summed E-state index contributed by atoms with van der Waals surface area (Å²) in [5.74, 6) is 0.436. The fourth-order valence-corrected chi connectivity index (χ4v) is 2.74. The predicted octanol–water partition coefficient (Wildman–Crippen LogP) is 3.59. The van der Waals surface area contributed by atoms with E-state index in [2.05, 4.69) is 9.97 Å². The first-order valence-electron chi connectivity index (χ1n) is 6.06. The van der Waals surface area contributed by atoms with E-state index in [1.807, 2.05) is 0 Å². The number of alkyl halides is 3. The maximum Gasteiger partial charge on any atom is 0.416 e. The third-order valence-corrected chi connectivity index (χ3v) is 3.92. The quantitative estimate of drug-likeness (QED) is 0.786. The van der Waals surface area contributed by atoms with Gasteiger partial charge in [-0.15, -0.1) is 11.3 Å². The number of thiophene rings is 1. The number of nitrogens with one attached hydrogen (secondary N) is 1. The number of aromatic nitrogens is 2. The standard InChI is InChI=1S/C14H9F3N2OS/c15-14(16,17)9-3-1-8(2-4-9)7-11-18-10-5-6-21-12(10)13(20)19-11/h1-6H,7H2,(H,18,19,20). The molecule has 2 aromatic heterocycles. The second kappa shape index (κ2) is 5.00. The molecule has 3 nitrogen and oxygen atoms in total. The van der Waals surface area contributed by atoms with Gasteiger partial charge < -0.3 is 4.98 Å². The average molecular weight is 310 g/mol. The molecule has 108 valence electrons. The third kappa shape index (κ3) is 2.82. The second-order valence-electron chi connectivity index (χ2n) is 4.52. The summed E-state index contributed by atoms with van der Waals surface area (Å²) < 4.78 is 38.0. The zero-order valence-electron chi connectivity index (χ0n) is 10.6. The van der Waals surface area contributed by atoms with E-state index in [0.29, 0.717) is 21.6 Å². The van der Waals surface area contributed by atoms with Gasteiger partial charge >= 0.3 is 6.18 Å². The summed E-state index contributed by atoms with van der Waals surface area (Å²) in [4.78, 5) is 18.7. The summed E-state index contributed by atoms with van der Waals surface area (Å²) in [6.45, 7) is 0. The van der Waals surface area contributed by atoms with E-state index in [1.54, 1.807) is 11.4 Å². The Morgan fingerprint density at radius 2 is 1.86 bits per heavy atom. The van der Waals surface area contributed by atoms with Gasteiger partial charge in [-0.3, -0.25) is 4.79 Å². The molecular formula is C14H9F3N2OS. The van der Waals surface area contributed by atoms with Crippen LogP contribution in [0.3, 0.4) is 0 Å². The molecule has 0 aliphatic carbocycles. The van der Waals surface area contributed by atoms with Crippen molar-refractivity contribution in [3.05, 3.63) is 63.0 Å². The lowest BCUT2D eigenvalue weighted by molar-refractivity contribution is -0.137. The SMILES string of the molecule is O=c1[nH]c(Cc2ccc(C(F)(F)F)cc2)nc2ccsc12. The number of benzene rings is 1. The molecule has 0 saturated carbocycles. The van der Waals surface area contributed by atoms with Crippen molar-refractivity contribution in [2.75, 3.05) is 0 Å². The molecule has 0 unspecified atom stereocenters. The molecule has 2 heterocycles. The smallest absolute Gasteiger partial charge is 0.309 e. The maximum atomic E-state index is 12.5. The summed E-state index contributed by atoms with van der Waals surface area (Å²) >= 11 is 1.30. The highest BCUT2D eigenvalue weighted by atomic mass is 32.1. The minimum Gasteiger partial charge on any atom is -0.309 e. The highest BCUT2D eigenvalue weighted by Gasteiger charge is 2.29. The molecule has 7 heteroatoms. The minimum absolute atomic E-state index is 0.225. The van der Waals surface area contributed by atoms with E-state index in [-0.39, 0.29) is 12.0 Å². The Balaban J connectivity index is 1.90. The fraction of sp³-hybridized carbons (Fsp3) is 0.143. The van der Waals surface area contributed by atoms with E-state index < -0.39 is 11.7 Å². The van der Waals surface area contributed by atoms with Crippen LogP contribution in [0.25, 0.3) is 10.2 Å². The molecule has 0 aliphatic rings. The van der Waals surface area contributed by atoms with Crippen molar-refractivity contribution in [1.82, 2.24) is 9.97 Å². The lowest BCUT2D eigenvalue weighted by Crippen LogP contribution is -2.11. The average Bonchev–Trinajstić information content (AvgIpc) is 2.87. The minimum atomic E-state index is -4.35. The van der Waals surface area contributed by atoms with Gasteiger partial charge in [0, 0.05) is 6.42 Å². The van der Waals surface area contributed by atoms with Crippen molar-refractivity contribution >= 4 is 21.6 Å². The molecule has 0 bridgehead atoms. The van der Waals surface area contributed by atoms with Crippen molar-refractivity contribution in [1.29, 1.82) is 0 Å². The highest BCUT2D eigenvalue weighted by molar-refractivity contribution is 7.17. The third-order valence-electron chi connectivity index (χ3n) is 3.02. The number of rotatable bonds is 2. The van der Waals surface area contributed by atoms with Gasteiger partial charge in [0.1, 0.15) is 10.5 Å². The molecule has 0 saturated heterocycles. The van der Waals surface area contributed by atoms with E-state index in [1.165, 1.54) is 23.5 Å². The Morgan fingerprint density at radius 3 is 2.52 bits per heavy atom. The molecular weight excluding hydrogens is 301 g/mol. The molecule has 3 aromatic rings. The molecule has 21 heavy (non-hydrogen) atoms. The van der Waals surface area contributed by atoms with Crippen molar-refractivity contribution < 1.29 is 13.2 Å². The van der Waals surface area contributed by atoms with E-state index >= 15 is 0 Å². The van der Waals surface area contributed by atoms with Gasteiger partial charge in [0.25, 0.3) is 5.56 Å².